The molecule has 1 heterocycles. The van der Waals surface area contributed by atoms with Crippen LogP contribution < -0.4 is 5.73 Å². The number of nitrogens with zero attached hydrogens (tertiary/aromatic N) is 2. The van der Waals surface area contributed by atoms with Crippen molar-refractivity contribution in [2.24, 2.45) is 11.7 Å². The predicted octanol–water partition coefficient (Wildman–Crippen LogP) is 3.21. The number of likely N-dealkylation sites (N-methyl/N-ethyl adjacent to an activating group) is 1. The quantitative estimate of drug-likeness (QED) is 0.840. The molecule has 0 aliphatic rings. The SMILES string of the molecule is CCC(C)CN(CC)C(CN)c1cncc(Br)c1. The van der Waals surface area contributed by atoms with E-state index in [1.807, 2.05) is 12.4 Å². The van der Waals surface area contributed by atoms with Crippen LogP contribution in [0.25, 0.3) is 0 Å². The standard InChI is InChI=1S/C14H24BrN3/c1-4-11(3)10-18(5-2)14(7-16)12-6-13(15)9-17-8-12/h6,8-9,11,14H,4-5,7,10,16H2,1-3H3. The summed E-state index contributed by atoms with van der Waals surface area (Å²) in [4.78, 5) is 6.68. The van der Waals surface area contributed by atoms with Gasteiger partial charge in [0, 0.05) is 36.0 Å². The van der Waals surface area contributed by atoms with Gasteiger partial charge in [-0.05, 0) is 40.0 Å². The Kier molecular flexibility index (Phi) is 6.82. The lowest BCUT2D eigenvalue weighted by atomic mass is 10.0. The summed E-state index contributed by atoms with van der Waals surface area (Å²) in [6, 6.07) is 2.37. The van der Waals surface area contributed by atoms with Crippen LogP contribution in [0, 0.1) is 5.92 Å². The highest BCUT2D eigenvalue weighted by molar-refractivity contribution is 9.10. The van der Waals surface area contributed by atoms with Crippen LogP contribution in [0.1, 0.15) is 38.8 Å². The maximum absolute atomic E-state index is 5.96. The molecular weight excluding hydrogens is 290 g/mol. The highest BCUT2D eigenvalue weighted by Crippen LogP contribution is 2.23. The molecule has 0 saturated heterocycles. The van der Waals surface area contributed by atoms with E-state index >= 15 is 0 Å². The van der Waals surface area contributed by atoms with Gasteiger partial charge < -0.3 is 5.73 Å². The number of aromatic nitrogens is 1. The molecule has 0 saturated carbocycles. The van der Waals surface area contributed by atoms with Gasteiger partial charge in [0.1, 0.15) is 0 Å². The zero-order valence-corrected chi connectivity index (χ0v) is 13.2. The van der Waals surface area contributed by atoms with Crippen molar-refractivity contribution in [3.05, 3.63) is 28.5 Å². The molecule has 2 N–H and O–H groups in total. The van der Waals surface area contributed by atoms with Crippen LogP contribution in [0.15, 0.2) is 22.9 Å². The van der Waals surface area contributed by atoms with E-state index in [2.05, 4.69) is 52.7 Å². The first-order valence-electron chi connectivity index (χ1n) is 6.66. The Morgan fingerprint density at radius 2 is 2.11 bits per heavy atom. The summed E-state index contributed by atoms with van der Waals surface area (Å²) in [5.41, 5.74) is 7.16. The second kappa shape index (κ2) is 7.87. The number of halogens is 1. The Morgan fingerprint density at radius 3 is 2.61 bits per heavy atom. The maximum Gasteiger partial charge on any atom is 0.0486 e. The average Bonchev–Trinajstić information content (AvgIpc) is 2.38. The Balaban J connectivity index is 2.85. The third kappa shape index (κ3) is 4.34. The summed E-state index contributed by atoms with van der Waals surface area (Å²) in [5, 5.41) is 0. The molecule has 0 aromatic carbocycles. The molecule has 102 valence electrons. The lowest BCUT2D eigenvalue weighted by Crippen LogP contribution is -2.36. The van der Waals surface area contributed by atoms with Crippen LogP contribution >= 0.6 is 15.9 Å². The molecule has 0 fully saturated rings. The smallest absolute Gasteiger partial charge is 0.0486 e. The maximum atomic E-state index is 5.96. The summed E-state index contributed by atoms with van der Waals surface area (Å²) in [6.45, 7) is 9.44. The highest BCUT2D eigenvalue weighted by Gasteiger charge is 2.19. The second-order valence-electron chi connectivity index (χ2n) is 4.79. The van der Waals surface area contributed by atoms with Gasteiger partial charge in [0.15, 0.2) is 0 Å². The largest absolute Gasteiger partial charge is 0.329 e. The molecule has 0 bridgehead atoms. The summed E-state index contributed by atoms with van der Waals surface area (Å²) in [6.07, 6.45) is 4.92. The molecule has 1 aromatic heterocycles. The summed E-state index contributed by atoms with van der Waals surface area (Å²) < 4.78 is 1.01. The zero-order chi connectivity index (χ0) is 13.5. The Morgan fingerprint density at radius 1 is 1.39 bits per heavy atom. The topological polar surface area (TPSA) is 42.1 Å². The van der Waals surface area contributed by atoms with E-state index in [0.717, 1.165) is 17.6 Å². The van der Waals surface area contributed by atoms with E-state index in [-0.39, 0.29) is 6.04 Å². The van der Waals surface area contributed by atoms with Gasteiger partial charge in [0.2, 0.25) is 0 Å². The monoisotopic (exact) mass is 313 g/mol. The number of hydrogen-bond donors (Lipinski definition) is 1. The molecule has 3 nitrogen and oxygen atoms in total. The molecule has 1 rings (SSSR count). The van der Waals surface area contributed by atoms with Crippen LogP contribution in [0.5, 0.6) is 0 Å². The van der Waals surface area contributed by atoms with Gasteiger partial charge >= 0.3 is 0 Å². The Labute approximate surface area is 119 Å². The molecule has 1 aromatic rings. The van der Waals surface area contributed by atoms with Gasteiger partial charge in [0.25, 0.3) is 0 Å². The molecule has 0 radical (unpaired) electrons. The fraction of sp³-hybridized carbons (Fsp3) is 0.643. The van der Waals surface area contributed by atoms with Crippen LogP contribution in [0.4, 0.5) is 0 Å². The normalized spacial score (nSPS) is 14.8. The third-order valence-corrected chi connectivity index (χ3v) is 3.86. The molecule has 0 aliphatic heterocycles. The van der Waals surface area contributed by atoms with E-state index in [9.17, 15) is 0 Å². The second-order valence-corrected chi connectivity index (χ2v) is 5.70. The van der Waals surface area contributed by atoms with Crippen LogP contribution in [0.3, 0.4) is 0 Å². The summed E-state index contributed by atoms with van der Waals surface area (Å²) in [7, 11) is 0. The first-order valence-corrected chi connectivity index (χ1v) is 7.46. The summed E-state index contributed by atoms with van der Waals surface area (Å²) in [5.74, 6) is 0.694. The molecule has 0 spiro atoms. The van der Waals surface area contributed by atoms with E-state index in [1.54, 1.807) is 0 Å². The van der Waals surface area contributed by atoms with E-state index < -0.39 is 0 Å². The minimum atomic E-state index is 0.258. The Hall–Kier alpha value is -0.450. The predicted molar refractivity (Wildman–Crippen MR) is 80.4 cm³/mol. The molecule has 0 amide bonds. The van der Waals surface area contributed by atoms with Crippen LogP contribution in [-0.2, 0) is 0 Å². The first-order chi connectivity index (χ1) is 8.62. The van der Waals surface area contributed by atoms with Crippen molar-refractivity contribution in [1.82, 2.24) is 9.88 Å². The van der Waals surface area contributed by atoms with Crippen LogP contribution in [0.2, 0.25) is 0 Å². The highest BCUT2D eigenvalue weighted by atomic mass is 79.9. The minimum absolute atomic E-state index is 0.258. The van der Waals surface area contributed by atoms with E-state index in [1.165, 1.54) is 12.0 Å². The van der Waals surface area contributed by atoms with Crippen LogP contribution in [-0.4, -0.2) is 29.5 Å². The molecule has 2 unspecified atom stereocenters. The van der Waals surface area contributed by atoms with E-state index in [0.29, 0.717) is 12.5 Å². The molecule has 0 aliphatic carbocycles. The number of rotatable bonds is 7. The van der Waals surface area contributed by atoms with Gasteiger partial charge in [-0.3, -0.25) is 9.88 Å². The lowest BCUT2D eigenvalue weighted by Gasteiger charge is -2.32. The molecule has 2 atom stereocenters. The lowest BCUT2D eigenvalue weighted by molar-refractivity contribution is 0.182. The van der Waals surface area contributed by atoms with Gasteiger partial charge in [0.05, 0.1) is 0 Å². The van der Waals surface area contributed by atoms with Gasteiger partial charge in [-0.1, -0.05) is 27.2 Å². The molecule has 18 heavy (non-hydrogen) atoms. The fourth-order valence-corrected chi connectivity index (χ4v) is 2.50. The third-order valence-electron chi connectivity index (χ3n) is 3.42. The molecular formula is C14H24BrN3. The number of pyridine rings is 1. The van der Waals surface area contributed by atoms with Crippen molar-refractivity contribution >= 4 is 15.9 Å². The van der Waals surface area contributed by atoms with Crippen molar-refractivity contribution in [3.63, 3.8) is 0 Å². The number of hydrogen-bond acceptors (Lipinski definition) is 3. The van der Waals surface area contributed by atoms with Crippen molar-refractivity contribution < 1.29 is 0 Å². The number of nitrogens with two attached hydrogens (primary N) is 1. The Bertz CT molecular complexity index is 357. The minimum Gasteiger partial charge on any atom is -0.329 e. The van der Waals surface area contributed by atoms with Crippen molar-refractivity contribution in [1.29, 1.82) is 0 Å². The van der Waals surface area contributed by atoms with Crippen molar-refractivity contribution in [2.45, 2.75) is 33.2 Å². The fourth-order valence-electron chi connectivity index (χ4n) is 2.11. The summed E-state index contributed by atoms with van der Waals surface area (Å²) >= 11 is 3.47. The molecule has 4 heteroatoms. The van der Waals surface area contributed by atoms with Gasteiger partial charge in [-0.25, -0.2) is 0 Å². The van der Waals surface area contributed by atoms with Gasteiger partial charge in [-0.15, -0.1) is 0 Å². The average molecular weight is 314 g/mol. The zero-order valence-electron chi connectivity index (χ0n) is 11.6. The van der Waals surface area contributed by atoms with Crippen molar-refractivity contribution in [3.8, 4) is 0 Å². The first kappa shape index (κ1) is 15.6. The van der Waals surface area contributed by atoms with Crippen molar-refractivity contribution in [2.75, 3.05) is 19.6 Å². The van der Waals surface area contributed by atoms with E-state index in [4.69, 9.17) is 5.73 Å². The van der Waals surface area contributed by atoms with Gasteiger partial charge in [-0.2, -0.15) is 0 Å².